The summed E-state index contributed by atoms with van der Waals surface area (Å²) >= 11 is 0. The molecule has 1 aromatic carbocycles. The van der Waals surface area contributed by atoms with Gasteiger partial charge in [-0.15, -0.1) is 0 Å². The highest BCUT2D eigenvalue weighted by Gasteiger charge is 2.08. The van der Waals surface area contributed by atoms with E-state index >= 15 is 0 Å². The smallest absolute Gasteiger partial charge is 0.315 e. The van der Waals surface area contributed by atoms with E-state index in [1.54, 1.807) is 0 Å². The first-order chi connectivity index (χ1) is 9.67. The SMILES string of the molecule is CCOCCCNC(=O)NC(C)c1ccc(CC)cc1. The molecule has 0 aliphatic heterocycles. The molecule has 0 saturated carbocycles. The molecule has 112 valence electrons. The Morgan fingerprint density at radius 1 is 1.25 bits per heavy atom. The minimum Gasteiger partial charge on any atom is -0.382 e. The zero-order chi connectivity index (χ0) is 14.8. The number of nitrogens with one attached hydrogen (secondary N) is 2. The average molecular weight is 278 g/mol. The normalized spacial score (nSPS) is 11.9. The van der Waals surface area contributed by atoms with Crippen molar-refractivity contribution in [3.63, 3.8) is 0 Å². The molecular formula is C16H26N2O2. The zero-order valence-corrected chi connectivity index (χ0v) is 12.7. The summed E-state index contributed by atoms with van der Waals surface area (Å²) in [7, 11) is 0. The lowest BCUT2D eigenvalue weighted by molar-refractivity contribution is 0.145. The summed E-state index contributed by atoms with van der Waals surface area (Å²) in [6.45, 7) is 8.12. The highest BCUT2D eigenvalue weighted by molar-refractivity contribution is 5.74. The van der Waals surface area contributed by atoms with Crippen LogP contribution in [0.2, 0.25) is 0 Å². The first kappa shape index (κ1) is 16.5. The molecule has 1 aromatic rings. The lowest BCUT2D eigenvalue weighted by atomic mass is 10.1. The maximum Gasteiger partial charge on any atom is 0.315 e. The molecule has 0 aliphatic rings. The van der Waals surface area contributed by atoms with E-state index in [0.29, 0.717) is 13.2 Å². The zero-order valence-electron chi connectivity index (χ0n) is 12.7. The molecule has 0 saturated heterocycles. The summed E-state index contributed by atoms with van der Waals surface area (Å²) in [5.74, 6) is 0. The van der Waals surface area contributed by atoms with Crippen molar-refractivity contribution < 1.29 is 9.53 Å². The molecule has 2 amide bonds. The van der Waals surface area contributed by atoms with Crippen molar-refractivity contribution in [3.8, 4) is 0 Å². The van der Waals surface area contributed by atoms with Crippen molar-refractivity contribution in [1.82, 2.24) is 10.6 Å². The number of urea groups is 1. The van der Waals surface area contributed by atoms with Gasteiger partial charge in [0, 0.05) is 19.8 Å². The Kier molecular flexibility index (Phi) is 7.73. The van der Waals surface area contributed by atoms with Crippen LogP contribution in [-0.4, -0.2) is 25.8 Å². The van der Waals surface area contributed by atoms with Gasteiger partial charge in [0.2, 0.25) is 0 Å². The fourth-order valence-corrected chi connectivity index (χ4v) is 1.89. The molecule has 0 bridgehead atoms. The second-order valence-corrected chi connectivity index (χ2v) is 4.77. The van der Waals surface area contributed by atoms with E-state index in [1.165, 1.54) is 5.56 Å². The monoisotopic (exact) mass is 278 g/mol. The number of rotatable bonds is 8. The third-order valence-corrected chi connectivity index (χ3v) is 3.19. The number of benzene rings is 1. The summed E-state index contributed by atoms with van der Waals surface area (Å²) < 4.78 is 5.22. The fraction of sp³-hybridized carbons (Fsp3) is 0.562. The highest BCUT2D eigenvalue weighted by Crippen LogP contribution is 2.13. The summed E-state index contributed by atoms with van der Waals surface area (Å²) in [5.41, 5.74) is 2.42. The number of hydrogen-bond acceptors (Lipinski definition) is 2. The topological polar surface area (TPSA) is 50.4 Å². The van der Waals surface area contributed by atoms with Crippen LogP contribution >= 0.6 is 0 Å². The number of ether oxygens (including phenoxy) is 1. The molecule has 4 nitrogen and oxygen atoms in total. The van der Waals surface area contributed by atoms with Gasteiger partial charge in [-0.3, -0.25) is 0 Å². The number of amides is 2. The molecule has 0 radical (unpaired) electrons. The lowest BCUT2D eigenvalue weighted by Gasteiger charge is -2.15. The van der Waals surface area contributed by atoms with Crippen LogP contribution in [0.4, 0.5) is 4.79 Å². The van der Waals surface area contributed by atoms with Gasteiger partial charge in [0.1, 0.15) is 0 Å². The molecule has 2 N–H and O–H groups in total. The van der Waals surface area contributed by atoms with E-state index in [1.807, 2.05) is 13.8 Å². The van der Waals surface area contributed by atoms with E-state index in [2.05, 4.69) is 41.8 Å². The Balaban J connectivity index is 2.29. The van der Waals surface area contributed by atoms with Crippen molar-refractivity contribution in [2.45, 2.75) is 39.7 Å². The van der Waals surface area contributed by atoms with Crippen LogP contribution in [-0.2, 0) is 11.2 Å². The minimum atomic E-state index is -0.131. The minimum absolute atomic E-state index is 0.00722. The fourth-order valence-electron chi connectivity index (χ4n) is 1.89. The molecule has 4 heteroatoms. The predicted octanol–water partition coefficient (Wildman–Crippen LogP) is 3.04. The maximum atomic E-state index is 11.7. The second kappa shape index (κ2) is 9.37. The van der Waals surface area contributed by atoms with Crippen molar-refractivity contribution in [1.29, 1.82) is 0 Å². The Morgan fingerprint density at radius 3 is 2.55 bits per heavy atom. The van der Waals surface area contributed by atoms with Gasteiger partial charge >= 0.3 is 6.03 Å². The predicted molar refractivity (Wildman–Crippen MR) is 81.9 cm³/mol. The molecule has 20 heavy (non-hydrogen) atoms. The number of carbonyl (C=O) groups excluding carboxylic acids is 1. The van der Waals surface area contributed by atoms with Crippen molar-refractivity contribution in [2.75, 3.05) is 19.8 Å². The average Bonchev–Trinajstić information content (AvgIpc) is 2.47. The number of aryl methyl sites for hydroxylation is 1. The maximum absolute atomic E-state index is 11.7. The first-order valence-corrected chi connectivity index (χ1v) is 7.38. The Hall–Kier alpha value is -1.55. The molecule has 0 spiro atoms. The van der Waals surface area contributed by atoms with Gasteiger partial charge in [0.15, 0.2) is 0 Å². The summed E-state index contributed by atoms with van der Waals surface area (Å²) in [6.07, 6.45) is 1.86. The number of carbonyl (C=O) groups is 1. The van der Waals surface area contributed by atoms with Crippen LogP contribution in [0.5, 0.6) is 0 Å². The van der Waals surface area contributed by atoms with Gasteiger partial charge in [-0.05, 0) is 37.8 Å². The van der Waals surface area contributed by atoms with Gasteiger partial charge in [0.25, 0.3) is 0 Å². The second-order valence-electron chi connectivity index (χ2n) is 4.77. The Morgan fingerprint density at radius 2 is 1.95 bits per heavy atom. The first-order valence-electron chi connectivity index (χ1n) is 7.38. The summed E-state index contributed by atoms with van der Waals surface area (Å²) in [4.78, 5) is 11.7. The third kappa shape index (κ3) is 6.06. The molecule has 0 fully saturated rings. The van der Waals surface area contributed by atoms with Crippen LogP contribution < -0.4 is 10.6 Å². The van der Waals surface area contributed by atoms with Crippen molar-refractivity contribution in [3.05, 3.63) is 35.4 Å². The molecule has 0 heterocycles. The molecule has 1 rings (SSSR count). The van der Waals surface area contributed by atoms with Crippen molar-refractivity contribution >= 4 is 6.03 Å². The highest BCUT2D eigenvalue weighted by atomic mass is 16.5. The van der Waals surface area contributed by atoms with Gasteiger partial charge in [-0.2, -0.15) is 0 Å². The Bertz CT molecular complexity index is 390. The van der Waals surface area contributed by atoms with Crippen LogP contribution in [0.25, 0.3) is 0 Å². The van der Waals surface area contributed by atoms with E-state index < -0.39 is 0 Å². The molecular weight excluding hydrogens is 252 g/mol. The van der Waals surface area contributed by atoms with Crippen LogP contribution in [0.3, 0.4) is 0 Å². The summed E-state index contributed by atoms with van der Waals surface area (Å²) in [5, 5.41) is 5.77. The molecule has 1 atom stereocenters. The van der Waals surface area contributed by atoms with Gasteiger partial charge in [0.05, 0.1) is 6.04 Å². The third-order valence-electron chi connectivity index (χ3n) is 3.19. The van der Waals surface area contributed by atoms with Gasteiger partial charge in [-0.1, -0.05) is 31.2 Å². The Labute approximate surface area is 121 Å². The largest absolute Gasteiger partial charge is 0.382 e. The van der Waals surface area contributed by atoms with E-state index in [0.717, 1.165) is 25.0 Å². The van der Waals surface area contributed by atoms with E-state index in [4.69, 9.17) is 4.74 Å². The quantitative estimate of drug-likeness (QED) is 0.718. The molecule has 0 aliphatic carbocycles. The summed E-state index contributed by atoms with van der Waals surface area (Å²) in [6, 6.07) is 8.22. The van der Waals surface area contributed by atoms with Crippen LogP contribution in [0.15, 0.2) is 24.3 Å². The van der Waals surface area contributed by atoms with E-state index in [-0.39, 0.29) is 12.1 Å². The van der Waals surface area contributed by atoms with Gasteiger partial charge in [-0.25, -0.2) is 4.79 Å². The molecule has 1 unspecified atom stereocenters. The standard InChI is InChI=1S/C16H26N2O2/c1-4-14-7-9-15(10-8-14)13(3)18-16(19)17-11-6-12-20-5-2/h7-10,13H,4-6,11-12H2,1-3H3,(H2,17,18,19). The van der Waals surface area contributed by atoms with Crippen LogP contribution in [0, 0.1) is 0 Å². The van der Waals surface area contributed by atoms with Crippen molar-refractivity contribution in [2.24, 2.45) is 0 Å². The van der Waals surface area contributed by atoms with Gasteiger partial charge < -0.3 is 15.4 Å². The van der Waals surface area contributed by atoms with E-state index in [9.17, 15) is 4.79 Å². The van der Waals surface area contributed by atoms with Crippen LogP contribution in [0.1, 0.15) is 44.4 Å². The lowest BCUT2D eigenvalue weighted by Crippen LogP contribution is -2.37. The molecule has 0 aromatic heterocycles. The number of hydrogen-bond donors (Lipinski definition) is 2.